The third-order valence-corrected chi connectivity index (χ3v) is 5.69. The normalized spacial score (nSPS) is 11.7. The number of carboxylic acid groups (broad SMARTS) is 1. The van der Waals surface area contributed by atoms with Crippen LogP contribution in [-0.2, 0) is 4.79 Å². The Hall–Kier alpha value is -4.89. The number of rotatable bonds is 8. The molecular formula is C32H26FNO4. The van der Waals surface area contributed by atoms with Gasteiger partial charge in [-0.05, 0) is 103 Å². The van der Waals surface area contributed by atoms with Gasteiger partial charge in [-0.25, -0.2) is 14.2 Å². The molecule has 1 N–H and O–H groups in total. The van der Waals surface area contributed by atoms with Crippen molar-refractivity contribution in [2.24, 2.45) is 0 Å². The van der Waals surface area contributed by atoms with Crippen LogP contribution in [0.1, 0.15) is 34.9 Å². The minimum atomic E-state index is -1.03. The van der Waals surface area contributed by atoms with Crippen molar-refractivity contribution >= 4 is 11.5 Å². The van der Waals surface area contributed by atoms with Crippen LogP contribution in [0.25, 0.3) is 5.57 Å². The topological polar surface area (TPSA) is 68.7 Å². The summed E-state index contributed by atoms with van der Waals surface area (Å²) in [5.41, 5.74) is 4.99. The Kier molecular flexibility index (Phi) is 8.53. The molecule has 0 bridgehead atoms. The van der Waals surface area contributed by atoms with Crippen molar-refractivity contribution in [3.63, 3.8) is 0 Å². The molecule has 1 aromatic heterocycles. The number of carbonyl (C=O) groups is 1. The van der Waals surface area contributed by atoms with E-state index in [9.17, 15) is 9.18 Å². The largest absolute Gasteiger partial charge is 0.489 e. The van der Waals surface area contributed by atoms with E-state index < -0.39 is 12.1 Å². The van der Waals surface area contributed by atoms with Crippen LogP contribution in [0.2, 0.25) is 0 Å². The highest BCUT2D eigenvalue weighted by atomic mass is 19.1. The van der Waals surface area contributed by atoms with Crippen molar-refractivity contribution in [1.29, 1.82) is 0 Å². The predicted octanol–water partition coefficient (Wildman–Crippen LogP) is 6.29. The van der Waals surface area contributed by atoms with Crippen LogP contribution in [0.5, 0.6) is 11.5 Å². The Bertz CT molecular complexity index is 1480. The minimum absolute atomic E-state index is 0.263. The summed E-state index contributed by atoms with van der Waals surface area (Å²) in [6.45, 7) is 3.57. The first kappa shape index (κ1) is 26.2. The fraction of sp³-hybridized carbons (Fsp3) is 0.125. The van der Waals surface area contributed by atoms with Gasteiger partial charge in [-0.2, -0.15) is 0 Å². The van der Waals surface area contributed by atoms with Crippen LogP contribution >= 0.6 is 0 Å². The first-order chi connectivity index (χ1) is 18.4. The third kappa shape index (κ3) is 7.08. The molecule has 38 heavy (non-hydrogen) atoms. The van der Waals surface area contributed by atoms with E-state index in [1.54, 1.807) is 36.5 Å². The second kappa shape index (κ2) is 12.4. The average Bonchev–Trinajstić information content (AvgIpc) is 2.93. The summed E-state index contributed by atoms with van der Waals surface area (Å²) in [7, 11) is 0. The predicted molar refractivity (Wildman–Crippen MR) is 145 cm³/mol. The lowest BCUT2D eigenvalue weighted by atomic mass is 9.96. The molecule has 0 fully saturated rings. The van der Waals surface area contributed by atoms with Crippen LogP contribution in [0.4, 0.5) is 4.39 Å². The molecule has 0 spiro atoms. The van der Waals surface area contributed by atoms with Gasteiger partial charge in [0.2, 0.25) is 0 Å². The van der Waals surface area contributed by atoms with Gasteiger partial charge in [0.05, 0.1) is 0 Å². The van der Waals surface area contributed by atoms with E-state index in [1.807, 2.05) is 55.5 Å². The van der Waals surface area contributed by atoms with Crippen LogP contribution in [0, 0.1) is 24.6 Å². The summed E-state index contributed by atoms with van der Waals surface area (Å²) in [6.07, 6.45) is 2.70. The molecule has 0 aliphatic carbocycles. The summed E-state index contributed by atoms with van der Waals surface area (Å²) < 4.78 is 25.0. The van der Waals surface area contributed by atoms with E-state index in [-0.39, 0.29) is 12.4 Å². The number of benzene rings is 3. The zero-order valence-electron chi connectivity index (χ0n) is 21.0. The molecule has 1 atom stereocenters. The zero-order chi connectivity index (χ0) is 26.9. The van der Waals surface area contributed by atoms with Gasteiger partial charge >= 0.3 is 5.97 Å². The Labute approximate surface area is 221 Å². The van der Waals surface area contributed by atoms with Crippen LogP contribution < -0.4 is 9.47 Å². The Morgan fingerprint density at radius 2 is 1.71 bits per heavy atom. The Balaban J connectivity index is 1.52. The number of halogens is 1. The van der Waals surface area contributed by atoms with Gasteiger partial charge in [-0.3, -0.25) is 0 Å². The molecule has 0 saturated heterocycles. The van der Waals surface area contributed by atoms with Crippen molar-refractivity contribution in [1.82, 2.24) is 4.98 Å². The molecule has 1 unspecified atom stereocenters. The second-order valence-electron chi connectivity index (χ2n) is 8.50. The van der Waals surface area contributed by atoms with Crippen molar-refractivity contribution < 1.29 is 23.8 Å². The fourth-order valence-corrected chi connectivity index (χ4v) is 3.64. The number of hydrogen-bond donors (Lipinski definition) is 1. The highest BCUT2D eigenvalue weighted by molar-refractivity contribution is 5.80. The van der Waals surface area contributed by atoms with Crippen LogP contribution in [0.3, 0.4) is 0 Å². The van der Waals surface area contributed by atoms with E-state index in [0.717, 1.165) is 27.8 Å². The number of nitrogens with zero attached hydrogens (tertiary/aromatic N) is 1. The van der Waals surface area contributed by atoms with E-state index in [4.69, 9.17) is 14.6 Å². The number of aromatic nitrogens is 1. The third-order valence-electron chi connectivity index (χ3n) is 5.69. The van der Waals surface area contributed by atoms with Gasteiger partial charge in [0, 0.05) is 11.8 Å². The molecule has 0 saturated carbocycles. The summed E-state index contributed by atoms with van der Waals surface area (Å²) in [5.74, 6) is 5.93. The molecule has 0 radical (unpaired) electrons. The van der Waals surface area contributed by atoms with E-state index in [0.29, 0.717) is 17.2 Å². The van der Waals surface area contributed by atoms with Crippen LogP contribution in [-0.4, -0.2) is 28.8 Å². The lowest BCUT2D eigenvalue weighted by Crippen LogP contribution is -2.23. The second-order valence-corrected chi connectivity index (χ2v) is 8.50. The van der Waals surface area contributed by atoms with Crippen molar-refractivity contribution in [3.05, 3.63) is 131 Å². The van der Waals surface area contributed by atoms with Gasteiger partial charge in [0.25, 0.3) is 0 Å². The average molecular weight is 508 g/mol. The number of carboxylic acids is 1. The van der Waals surface area contributed by atoms with E-state index >= 15 is 0 Å². The van der Waals surface area contributed by atoms with Gasteiger partial charge in [-0.15, -0.1) is 0 Å². The van der Waals surface area contributed by atoms with Crippen LogP contribution in [0.15, 0.2) is 97.2 Å². The fourth-order valence-electron chi connectivity index (χ4n) is 3.64. The van der Waals surface area contributed by atoms with Gasteiger partial charge in [-0.1, -0.05) is 36.3 Å². The lowest BCUT2D eigenvalue weighted by molar-refractivity contribution is -0.144. The molecule has 4 aromatic rings. The van der Waals surface area contributed by atoms with E-state index in [2.05, 4.69) is 16.8 Å². The Morgan fingerprint density at radius 3 is 2.34 bits per heavy atom. The van der Waals surface area contributed by atoms with Gasteiger partial charge in [0.15, 0.2) is 6.10 Å². The molecule has 190 valence electrons. The molecule has 0 amide bonds. The Morgan fingerprint density at radius 1 is 1.00 bits per heavy atom. The molecule has 6 heteroatoms. The zero-order valence-corrected chi connectivity index (χ0v) is 21.0. The maximum atomic E-state index is 13.6. The molecule has 0 aliphatic rings. The monoisotopic (exact) mass is 507 g/mol. The SMILES string of the molecule is Cc1cc(OC/C=C(/c2ccc(F)cc2)c2ccc(C#Cc3ccccn3)cc2)ccc1OC(C)C(=O)O. The smallest absolute Gasteiger partial charge is 0.344 e. The first-order valence-corrected chi connectivity index (χ1v) is 12.0. The van der Waals surface area contributed by atoms with E-state index in [1.165, 1.54) is 19.1 Å². The molecule has 0 aliphatic heterocycles. The van der Waals surface area contributed by atoms with Crippen molar-refractivity contribution in [3.8, 4) is 23.3 Å². The molecule has 4 rings (SSSR count). The number of aliphatic carboxylic acids is 1. The maximum absolute atomic E-state index is 13.6. The van der Waals surface area contributed by atoms with Crippen molar-refractivity contribution in [2.75, 3.05) is 6.61 Å². The number of pyridine rings is 1. The minimum Gasteiger partial charge on any atom is -0.489 e. The summed E-state index contributed by atoms with van der Waals surface area (Å²) in [4.78, 5) is 15.3. The highest BCUT2D eigenvalue weighted by Crippen LogP contribution is 2.26. The standard InChI is InChI=1S/C32H26FNO4/c1-22-21-29(16-17-31(22)38-23(2)32(35)36)37-20-18-30(26-11-13-27(33)14-12-26)25-9-6-24(7-10-25)8-15-28-5-3-4-19-34-28/h3-7,9-14,16-19,21,23H,20H2,1-2H3,(H,35,36)/b30-18+. The van der Waals surface area contributed by atoms with Crippen molar-refractivity contribution in [2.45, 2.75) is 20.0 Å². The summed E-state index contributed by atoms with van der Waals surface area (Å²) in [6, 6.07) is 24.9. The highest BCUT2D eigenvalue weighted by Gasteiger charge is 2.14. The van der Waals surface area contributed by atoms with Gasteiger partial charge < -0.3 is 14.6 Å². The number of hydrogen-bond acceptors (Lipinski definition) is 4. The summed E-state index contributed by atoms with van der Waals surface area (Å²) in [5, 5.41) is 9.06. The molecule has 1 heterocycles. The number of aryl methyl sites for hydroxylation is 1. The van der Waals surface area contributed by atoms with Gasteiger partial charge in [0.1, 0.15) is 29.6 Å². The lowest BCUT2D eigenvalue weighted by Gasteiger charge is -2.14. The molecule has 3 aromatic carbocycles. The number of ether oxygens (including phenoxy) is 2. The summed E-state index contributed by atoms with van der Waals surface area (Å²) >= 11 is 0. The molecular weight excluding hydrogens is 481 g/mol. The maximum Gasteiger partial charge on any atom is 0.344 e. The quantitative estimate of drug-likeness (QED) is 0.284. The first-order valence-electron chi connectivity index (χ1n) is 12.0. The molecule has 5 nitrogen and oxygen atoms in total.